The van der Waals surface area contributed by atoms with Gasteiger partial charge < -0.3 is 9.88 Å². The Kier molecular flexibility index (Phi) is 5.37. The van der Waals surface area contributed by atoms with Crippen LogP contribution in [0.2, 0.25) is 0 Å². The molecule has 2 heterocycles. The summed E-state index contributed by atoms with van der Waals surface area (Å²) in [7, 11) is -3.20. The molecule has 0 radical (unpaired) electrons. The van der Waals surface area contributed by atoms with E-state index in [1.807, 2.05) is 6.92 Å². The lowest BCUT2D eigenvalue weighted by atomic mass is 9.92. The lowest BCUT2D eigenvalue weighted by Gasteiger charge is -2.15. The van der Waals surface area contributed by atoms with Gasteiger partial charge >= 0.3 is 0 Å². The van der Waals surface area contributed by atoms with Crippen molar-refractivity contribution in [3.8, 4) is 0 Å². The molecule has 1 aromatic rings. The number of nitrogens with one attached hydrogen (secondary N) is 1. The molecular weight excluding hydrogens is 352 g/mol. The van der Waals surface area contributed by atoms with Gasteiger partial charge in [-0.3, -0.25) is 9.59 Å². The fourth-order valence-electron chi connectivity index (χ4n) is 3.91. The van der Waals surface area contributed by atoms with Gasteiger partial charge in [0.1, 0.15) is 0 Å². The molecule has 3 rings (SSSR count). The van der Waals surface area contributed by atoms with Crippen LogP contribution in [0.5, 0.6) is 0 Å². The number of carbonyl (C=O) groups excluding carboxylic acids is 2. The maximum atomic E-state index is 12.5. The molecule has 0 saturated carbocycles. The standard InChI is InChI=1S/C19H26N2O4S/c1-3-4-9-21-13(2)15(19-16(21)6-5-7-17(19)22)11-18(23)20-14-8-10-26(24,25)12-14/h8,10,14H,3-7,9,11-12H2,1-2H3,(H,20,23). The number of amides is 1. The summed E-state index contributed by atoms with van der Waals surface area (Å²) in [6.45, 7) is 4.97. The fourth-order valence-corrected chi connectivity index (χ4v) is 5.14. The number of hydrogen-bond acceptors (Lipinski definition) is 4. The first-order valence-corrected chi connectivity index (χ1v) is 11.0. The Morgan fingerprint density at radius 2 is 2.12 bits per heavy atom. The second-order valence-corrected chi connectivity index (χ2v) is 9.11. The van der Waals surface area contributed by atoms with Crippen molar-refractivity contribution in [3.05, 3.63) is 34.0 Å². The first kappa shape index (κ1) is 18.9. The van der Waals surface area contributed by atoms with Crippen LogP contribution in [0.4, 0.5) is 0 Å². The molecule has 1 unspecified atom stereocenters. The predicted octanol–water partition coefficient (Wildman–Crippen LogP) is 2.09. The largest absolute Gasteiger partial charge is 0.349 e. The minimum atomic E-state index is -3.20. The zero-order valence-corrected chi connectivity index (χ0v) is 16.2. The van der Waals surface area contributed by atoms with Crippen molar-refractivity contribution in [1.29, 1.82) is 0 Å². The molecule has 0 aromatic carbocycles. The lowest BCUT2D eigenvalue weighted by molar-refractivity contribution is -0.120. The molecule has 0 fully saturated rings. The van der Waals surface area contributed by atoms with Gasteiger partial charge in [-0.1, -0.05) is 13.3 Å². The van der Waals surface area contributed by atoms with E-state index in [4.69, 9.17) is 0 Å². The number of Topliss-reactive ketones (excluding diaryl/α,β-unsaturated/α-hetero) is 1. The van der Waals surface area contributed by atoms with Gasteiger partial charge in [-0.05, 0) is 37.8 Å². The van der Waals surface area contributed by atoms with E-state index in [1.54, 1.807) is 0 Å². The molecule has 142 valence electrons. The van der Waals surface area contributed by atoms with Crippen LogP contribution in [0.25, 0.3) is 0 Å². The van der Waals surface area contributed by atoms with Gasteiger partial charge in [0, 0.05) is 35.3 Å². The molecule has 7 heteroatoms. The van der Waals surface area contributed by atoms with Gasteiger partial charge in [0.15, 0.2) is 15.6 Å². The van der Waals surface area contributed by atoms with Crippen molar-refractivity contribution < 1.29 is 18.0 Å². The van der Waals surface area contributed by atoms with Gasteiger partial charge in [-0.15, -0.1) is 0 Å². The Morgan fingerprint density at radius 3 is 2.77 bits per heavy atom. The van der Waals surface area contributed by atoms with Gasteiger partial charge in [0.05, 0.1) is 18.2 Å². The molecule has 1 aromatic heterocycles. The minimum Gasteiger partial charge on any atom is -0.349 e. The van der Waals surface area contributed by atoms with Crippen LogP contribution in [0, 0.1) is 6.92 Å². The second kappa shape index (κ2) is 7.39. The number of sulfone groups is 1. The van der Waals surface area contributed by atoms with Gasteiger partial charge in [-0.2, -0.15) is 0 Å². The summed E-state index contributed by atoms with van der Waals surface area (Å²) >= 11 is 0. The predicted molar refractivity (Wildman–Crippen MR) is 99.9 cm³/mol. The van der Waals surface area contributed by atoms with Crippen LogP contribution in [0.3, 0.4) is 0 Å². The van der Waals surface area contributed by atoms with E-state index in [9.17, 15) is 18.0 Å². The van der Waals surface area contributed by atoms with Crippen LogP contribution in [0.15, 0.2) is 11.5 Å². The number of fused-ring (bicyclic) bond motifs is 1. The smallest absolute Gasteiger partial charge is 0.225 e. The van der Waals surface area contributed by atoms with Gasteiger partial charge in [0.2, 0.25) is 5.91 Å². The zero-order valence-electron chi connectivity index (χ0n) is 15.4. The van der Waals surface area contributed by atoms with Crippen LogP contribution in [-0.4, -0.2) is 36.5 Å². The first-order chi connectivity index (χ1) is 12.3. The number of hydrogen-bond donors (Lipinski definition) is 1. The molecule has 0 saturated heterocycles. The first-order valence-electron chi connectivity index (χ1n) is 9.26. The van der Waals surface area contributed by atoms with E-state index in [0.717, 1.165) is 60.2 Å². The van der Waals surface area contributed by atoms with E-state index in [0.29, 0.717) is 6.42 Å². The third kappa shape index (κ3) is 3.77. The summed E-state index contributed by atoms with van der Waals surface area (Å²) in [5.74, 6) is -0.212. The fraction of sp³-hybridized carbons (Fsp3) is 0.579. The van der Waals surface area contributed by atoms with Gasteiger partial charge in [0.25, 0.3) is 0 Å². The molecule has 2 aliphatic rings. The highest BCUT2D eigenvalue weighted by atomic mass is 32.2. The highest BCUT2D eigenvalue weighted by molar-refractivity contribution is 7.94. The maximum Gasteiger partial charge on any atom is 0.225 e. The van der Waals surface area contributed by atoms with E-state index >= 15 is 0 Å². The summed E-state index contributed by atoms with van der Waals surface area (Å²) in [6, 6.07) is -0.485. The average molecular weight is 378 g/mol. The summed E-state index contributed by atoms with van der Waals surface area (Å²) in [6.07, 6.45) is 5.98. The Balaban J connectivity index is 1.83. The van der Waals surface area contributed by atoms with E-state index in [2.05, 4.69) is 16.8 Å². The third-order valence-corrected chi connectivity index (χ3v) is 6.60. The van der Waals surface area contributed by atoms with Crippen molar-refractivity contribution in [2.45, 2.75) is 65.0 Å². The van der Waals surface area contributed by atoms with Crippen LogP contribution in [0.1, 0.15) is 59.9 Å². The van der Waals surface area contributed by atoms with Crippen molar-refractivity contribution in [3.63, 3.8) is 0 Å². The molecule has 26 heavy (non-hydrogen) atoms. The van der Waals surface area contributed by atoms with Gasteiger partial charge in [-0.25, -0.2) is 8.42 Å². The van der Waals surface area contributed by atoms with Crippen LogP contribution < -0.4 is 5.32 Å². The molecule has 6 nitrogen and oxygen atoms in total. The molecular formula is C19H26N2O4S. The Bertz CT molecular complexity index is 865. The second-order valence-electron chi connectivity index (χ2n) is 7.18. The molecule has 1 aliphatic heterocycles. The van der Waals surface area contributed by atoms with Crippen molar-refractivity contribution in [1.82, 2.24) is 9.88 Å². The highest BCUT2D eigenvalue weighted by Gasteiger charge is 2.30. The minimum absolute atomic E-state index is 0.0910. The number of nitrogens with zero attached hydrogens (tertiary/aromatic N) is 1. The van der Waals surface area contributed by atoms with E-state index < -0.39 is 15.9 Å². The Labute approximate surface area is 154 Å². The molecule has 0 bridgehead atoms. The summed E-state index contributed by atoms with van der Waals surface area (Å²) in [5, 5.41) is 3.91. The molecule has 1 atom stereocenters. The summed E-state index contributed by atoms with van der Waals surface area (Å²) in [4.78, 5) is 25.0. The average Bonchev–Trinajstić information content (AvgIpc) is 3.04. The Hall–Kier alpha value is -1.89. The lowest BCUT2D eigenvalue weighted by Crippen LogP contribution is -2.36. The monoisotopic (exact) mass is 378 g/mol. The normalized spacial score (nSPS) is 21.0. The zero-order chi connectivity index (χ0) is 18.9. The number of rotatable bonds is 6. The molecule has 1 amide bonds. The van der Waals surface area contributed by atoms with Crippen molar-refractivity contribution in [2.75, 3.05) is 5.75 Å². The van der Waals surface area contributed by atoms with Crippen molar-refractivity contribution >= 4 is 21.5 Å². The van der Waals surface area contributed by atoms with E-state index in [1.165, 1.54) is 6.08 Å². The molecule has 0 spiro atoms. The summed E-state index contributed by atoms with van der Waals surface area (Å²) < 4.78 is 25.2. The Morgan fingerprint density at radius 1 is 1.35 bits per heavy atom. The molecule has 1 N–H and O–H groups in total. The number of unbranched alkanes of at least 4 members (excludes halogenated alkanes) is 1. The highest BCUT2D eigenvalue weighted by Crippen LogP contribution is 2.30. The number of ketones is 1. The maximum absolute atomic E-state index is 12.5. The number of carbonyl (C=O) groups is 2. The van der Waals surface area contributed by atoms with Crippen LogP contribution >= 0.6 is 0 Å². The quantitative estimate of drug-likeness (QED) is 0.821. The topological polar surface area (TPSA) is 85.2 Å². The van der Waals surface area contributed by atoms with E-state index in [-0.39, 0.29) is 23.9 Å². The van der Waals surface area contributed by atoms with Crippen LogP contribution in [-0.2, 0) is 34.0 Å². The van der Waals surface area contributed by atoms with Crippen molar-refractivity contribution in [2.24, 2.45) is 0 Å². The summed E-state index contributed by atoms with van der Waals surface area (Å²) in [5.41, 5.74) is 3.60. The third-order valence-electron chi connectivity index (χ3n) is 5.20. The SMILES string of the molecule is CCCCn1c(C)c(CC(=O)NC2C=CS(=O)(=O)C2)c2c1CCCC2=O. The number of aromatic nitrogens is 1. The molecule has 1 aliphatic carbocycles.